The van der Waals surface area contributed by atoms with E-state index in [9.17, 15) is 4.79 Å². The van der Waals surface area contributed by atoms with E-state index in [1.807, 2.05) is 18.2 Å². The van der Waals surface area contributed by atoms with Crippen molar-refractivity contribution in [2.24, 2.45) is 0 Å². The summed E-state index contributed by atoms with van der Waals surface area (Å²) in [5.74, 6) is 1.37. The normalized spacial score (nSPS) is 11.0. The smallest absolute Gasteiger partial charge is 0.150 e. The number of aldehydes is 1. The quantitative estimate of drug-likeness (QED) is 0.0976. The molecule has 0 aliphatic rings. The van der Waals surface area contributed by atoms with Gasteiger partial charge in [-0.3, -0.25) is 4.79 Å². The third-order valence-corrected chi connectivity index (χ3v) is 5.15. The fourth-order valence-corrected chi connectivity index (χ4v) is 3.11. The first-order valence-electron chi connectivity index (χ1n) is 13.5. The van der Waals surface area contributed by atoms with Crippen LogP contribution >= 0.6 is 0 Å². The first-order valence-corrected chi connectivity index (χ1v) is 13.5. The Labute approximate surface area is 236 Å². The highest BCUT2D eigenvalue weighted by Gasteiger charge is 1.99. The second-order valence-electron chi connectivity index (χ2n) is 8.21. The summed E-state index contributed by atoms with van der Waals surface area (Å²) in [6.07, 6.45) is 0.798. The molecular formula is C29H43NO10. The fourth-order valence-electron chi connectivity index (χ4n) is 3.11. The van der Waals surface area contributed by atoms with Crippen LogP contribution in [0.3, 0.4) is 0 Å². The molecule has 2 N–H and O–H groups in total. The van der Waals surface area contributed by atoms with Gasteiger partial charge in [0.2, 0.25) is 0 Å². The number of ether oxygens (including phenoxy) is 9. The van der Waals surface area contributed by atoms with Gasteiger partial charge in [-0.25, -0.2) is 0 Å². The number of anilines is 1. The van der Waals surface area contributed by atoms with Crippen LogP contribution in [0.2, 0.25) is 0 Å². The Morgan fingerprint density at radius 3 is 1.25 bits per heavy atom. The number of benzene rings is 2. The van der Waals surface area contributed by atoms with Crippen LogP contribution in [0.4, 0.5) is 5.69 Å². The zero-order valence-corrected chi connectivity index (χ0v) is 23.2. The van der Waals surface area contributed by atoms with Crippen LogP contribution in [0.15, 0.2) is 48.5 Å². The maximum atomic E-state index is 10.6. The Kier molecular flexibility index (Phi) is 20.1. The minimum Gasteiger partial charge on any atom is -0.491 e. The fraction of sp³-hybridized carbons (Fsp3) is 0.552. The summed E-state index contributed by atoms with van der Waals surface area (Å²) in [4.78, 5) is 10.6. The molecule has 224 valence electrons. The van der Waals surface area contributed by atoms with E-state index in [0.29, 0.717) is 128 Å². The van der Waals surface area contributed by atoms with Crippen LogP contribution in [-0.2, 0) is 33.2 Å². The molecule has 0 spiro atoms. The van der Waals surface area contributed by atoms with Crippen LogP contribution in [0, 0.1) is 0 Å². The SMILES string of the molecule is Nc1ccccc1OCCOCCOCCOCCOCCOCCOCCOCCOc1ccc(C=O)cc1. The van der Waals surface area contributed by atoms with Gasteiger partial charge in [-0.15, -0.1) is 0 Å². The molecule has 0 aliphatic carbocycles. The Bertz CT molecular complexity index is 868. The minimum absolute atomic E-state index is 0.432. The summed E-state index contributed by atoms with van der Waals surface area (Å²) in [7, 11) is 0. The molecule has 0 saturated heterocycles. The second-order valence-corrected chi connectivity index (χ2v) is 8.21. The summed E-state index contributed by atoms with van der Waals surface area (Å²) >= 11 is 0. The molecule has 0 heterocycles. The van der Waals surface area contributed by atoms with E-state index < -0.39 is 0 Å². The molecule has 0 atom stereocenters. The van der Waals surface area contributed by atoms with E-state index >= 15 is 0 Å². The van der Waals surface area contributed by atoms with Crippen molar-refractivity contribution in [3.63, 3.8) is 0 Å². The first kappa shape index (κ1) is 33.4. The van der Waals surface area contributed by atoms with Gasteiger partial charge >= 0.3 is 0 Å². The number of rotatable bonds is 27. The molecular weight excluding hydrogens is 522 g/mol. The number of hydrogen-bond acceptors (Lipinski definition) is 11. The first-order chi connectivity index (χ1) is 19.8. The van der Waals surface area contributed by atoms with Gasteiger partial charge in [-0.05, 0) is 36.4 Å². The second kappa shape index (κ2) is 24.1. The van der Waals surface area contributed by atoms with E-state index in [1.54, 1.807) is 30.3 Å². The minimum atomic E-state index is 0.432. The van der Waals surface area contributed by atoms with Crippen molar-refractivity contribution in [2.75, 3.05) is 111 Å². The summed E-state index contributed by atoms with van der Waals surface area (Å²) in [5, 5.41) is 0. The Morgan fingerprint density at radius 1 is 0.475 bits per heavy atom. The summed E-state index contributed by atoms with van der Waals surface area (Å²) in [6, 6.07) is 14.3. The number of nitrogens with two attached hydrogens (primary N) is 1. The van der Waals surface area contributed by atoms with E-state index in [2.05, 4.69) is 0 Å². The predicted octanol–water partition coefficient (Wildman–Crippen LogP) is 2.66. The predicted molar refractivity (Wildman–Crippen MR) is 149 cm³/mol. The van der Waals surface area contributed by atoms with Gasteiger partial charge in [-0.2, -0.15) is 0 Å². The van der Waals surface area contributed by atoms with E-state index in [4.69, 9.17) is 48.4 Å². The largest absolute Gasteiger partial charge is 0.491 e. The number of carbonyl (C=O) groups excluding carboxylic acids is 1. The Balaban J connectivity index is 1.20. The molecule has 0 fully saturated rings. The van der Waals surface area contributed by atoms with E-state index in [0.717, 1.165) is 6.29 Å². The number of nitrogen functional groups attached to an aromatic ring is 1. The molecule has 2 rings (SSSR count). The molecule has 40 heavy (non-hydrogen) atoms. The van der Waals surface area contributed by atoms with Crippen molar-refractivity contribution in [1.29, 1.82) is 0 Å². The van der Waals surface area contributed by atoms with Crippen molar-refractivity contribution in [3.05, 3.63) is 54.1 Å². The molecule has 0 aliphatic heterocycles. The van der Waals surface area contributed by atoms with Crippen LogP contribution in [0.1, 0.15) is 10.4 Å². The molecule has 11 nitrogen and oxygen atoms in total. The van der Waals surface area contributed by atoms with Crippen LogP contribution < -0.4 is 15.2 Å². The van der Waals surface area contributed by atoms with E-state index in [1.165, 1.54) is 0 Å². The topological polar surface area (TPSA) is 126 Å². The van der Waals surface area contributed by atoms with Gasteiger partial charge in [0.1, 0.15) is 31.0 Å². The van der Waals surface area contributed by atoms with Crippen molar-refractivity contribution < 1.29 is 47.4 Å². The highest BCUT2D eigenvalue weighted by atomic mass is 16.6. The van der Waals surface area contributed by atoms with Gasteiger partial charge in [0.05, 0.1) is 98.2 Å². The third-order valence-electron chi connectivity index (χ3n) is 5.15. The molecule has 0 unspecified atom stereocenters. The average Bonchev–Trinajstić information content (AvgIpc) is 2.98. The lowest BCUT2D eigenvalue weighted by Crippen LogP contribution is -2.15. The molecule has 2 aromatic rings. The molecule has 0 saturated carbocycles. The van der Waals surface area contributed by atoms with Crippen molar-refractivity contribution in [1.82, 2.24) is 0 Å². The standard InChI is InChI=1S/C29H43NO10/c30-28-3-1-2-4-29(28)40-24-22-38-20-18-36-16-14-34-12-10-32-9-11-33-13-15-35-17-19-37-21-23-39-27-7-5-26(25-31)6-8-27/h1-8,25H,9-24,30H2. The van der Waals surface area contributed by atoms with Crippen LogP contribution in [-0.4, -0.2) is 112 Å². The monoisotopic (exact) mass is 565 g/mol. The van der Waals surface area contributed by atoms with Gasteiger partial charge in [0.25, 0.3) is 0 Å². The molecule has 0 bridgehead atoms. The van der Waals surface area contributed by atoms with E-state index in [-0.39, 0.29) is 0 Å². The Hall–Kier alpha value is -2.77. The van der Waals surface area contributed by atoms with Crippen molar-refractivity contribution >= 4 is 12.0 Å². The van der Waals surface area contributed by atoms with Gasteiger partial charge < -0.3 is 48.4 Å². The molecule has 0 aromatic heterocycles. The average molecular weight is 566 g/mol. The lowest BCUT2D eigenvalue weighted by Gasteiger charge is -2.10. The highest BCUT2D eigenvalue weighted by molar-refractivity contribution is 5.74. The summed E-state index contributed by atoms with van der Waals surface area (Å²) < 4.78 is 49.3. The van der Waals surface area contributed by atoms with Crippen LogP contribution in [0.5, 0.6) is 11.5 Å². The highest BCUT2D eigenvalue weighted by Crippen LogP contribution is 2.19. The molecule has 0 radical (unpaired) electrons. The summed E-state index contributed by atoms with van der Waals surface area (Å²) in [6.45, 7) is 7.74. The maximum Gasteiger partial charge on any atom is 0.150 e. The van der Waals surface area contributed by atoms with Crippen LogP contribution in [0.25, 0.3) is 0 Å². The lowest BCUT2D eigenvalue weighted by atomic mass is 10.2. The number of para-hydroxylation sites is 2. The number of hydrogen-bond donors (Lipinski definition) is 1. The maximum absolute atomic E-state index is 10.6. The van der Waals surface area contributed by atoms with Crippen molar-refractivity contribution in [3.8, 4) is 11.5 Å². The van der Waals surface area contributed by atoms with Gasteiger partial charge in [-0.1, -0.05) is 12.1 Å². The Morgan fingerprint density at radius 2 is 0.850 bits per heavy atom. The van der Waals surface area contributed by atoms with Gasteiger partial charge in [0.15, 0.2) is 0 Å². The van der Waals surface area contributed by atoms with Gasteiger partial charge in [0, 0.05) is 5.56 Å². The third kappa shape index (κ3) is 17.7. The summed E-state index contributed by atoms with van der Waals surface area (Å²) in [5.41, 5.74) is 7.04. The lowest BCUT2D eigenvalue weighted by molar-refractivity contribution is -0.0218. The molecule has 2 aromatic carbocycles. The zero-order valence-electron chi connectivity index (χ0n) is 23.2. The number of carbonyl (C=O) groups is 1. The molecule has 0 amide bonds. The van der Waals surface area contributed by atoms with Crippen molar-refractivity contribution in [2.45, 2.75) is 0 Å². The zero-order chi connectivity index (χ0) is 28.4. The molecule has 11 heteroatoms.